The molecule has 0 heterocycles. The minimum Gasteiger partial charge on any atom is -0.480 e. The fraction of sp³-hybridized carbons (Fsp3) is 0.750. The summed E-state index contributed by atoms with van der Waals surface area (Å²) >= 11 is 0. The molecule has 12 nitrogen and oxygen atoms in total. The SMILES string of the molecule is CC(C)CC(NC(=O)C(CC(C)C)NC(=O)C(CO)NC(=O)C(N)CCC(N)=O)C(=O)O. The number of hydrogen-bond donors (Lipinski definition) is 7. The maximum Gasteiger partial charge on any atom is 0.326 e. The van der Waals surface area contributed by atoms with Gasteiger partial charge < -0.3 is 37.6 Å². The van der Waals surface area contributed by atoms with Crippen molar-refractivity contribution in [1.82, 2.24) is 16.0 Å². The Balaban J connectivity index is 5.23. The van der Waals surface area contributed by atoms with Gasteiger partial charge in [-0.2, -0.15) is 0 Å². The first-order chi connectivity index (χ1) is 14.8. The number of carboxylic acid groups (broad SMARTS) is 1. The Labute approximate surface area is 187 Å². The van der Waals surface area contributed by atoms with Crippen LogP contribution in [0.4, 0.5) is 0 Å². The molecule has 4 amide bonds. The van der Waals surface area contributed by atoms with Gasteiger partial charge in [0.15, 0.2) is 0 Å². The van der Waals surface area contributed by atoms with E-state index in [2.05, 4.69) is 16.0 Å². The number of primary amides is 1. The van der Waals surface area contributed by atoms with E-state index in [1.165, 1.54) is 0 Å². The molecule has 0 aromatic carbocycles. The fourth-order valence-electron chi connectivity index (χ4n) is 2.84. The third kappa shape index (κ3) is 11.6. The van der Waals surface area contributed by atoms with Crippen LogP contribution in [0.25, 0.3) is 0 Å². The van der Waals surface area contributed by atoms with E-state index in [1.807, 2.05) is 27.7 Å². The molecule has 0 aromatic heterocycles. The van der Waals surface area contributed by atoms with Crippen molar-refractivity contribution >= 4 is 29.6 Å². The highest BCUT2D eigenvalue weighted by Crippen LogP contribution is 2.09. The summed E-state index contributed by atoms with van der Waals surface area (Å²) in [6, 6.07) is -4.71. The number of carboxylic acids is 1. The van der Waals surface area contributed by atoms with Crippen molar-refractivity contribution in [2.24, 2.45) is 23.3 Å². The molecule has 0 aliphatic carbocycles. The van der Waals surface area contributed by atoms with Gasteiger partial charge in [-0.05, 0) is 31.1 Å². The zero-order valence-electron chi connectivity index (χ0n) is 19.1. The Morgan fingerprint density at radius 2 is 1.22 bits per heavy atom. The Kier molecular flexibility index (Phi) is 13.1. The Hall–Kier alpha value is -2.73. The van der Waals surface area contributed by atoms with Crippen LogP contribution in [0.3, 0.4) is 0 Å². The highest BCUT2D eigenvalue weighted by molar-refractivity contribution is 5.94. The van der Waals surface area contributed by atoms with Gasteiger partial charge in [0.1, 0.15) is 18.1 Å². The highest BCUT2D eigenvalue weighted by Gasteiger charge is 2.30. The lowest BCUT2D eigenvalue weighted by molar-refractivity contribution is -0.143. The summed E-state index contributed by atoms with van der Waals surface area (Å²) in [5.41, 5.74) is 10.7. The lowest BCUT2D eigenvalue weighted by atomic mass is 10.00. The van der Waals surface area contributed by atoms with Crippen LogP contribution < -0.4 is 27.4 Å². The van der Waals surface area contributed by atoms with Gasteiger partial charge in [0.25, 0.3) is 0 Å². The standard InChI is InChI=1S/C20H37N5O7/c1-10(2)7-13(18(29)24-14(20(31)32)8-11(3)4)23-19(30)15(9-26)25-17(28)12(21)5-6-16(22)27/h10-15,26H,5-9,21H2,1-4H3,(H2,22,27)(H,23,30)(H,24,29)(H,25,28)(H,31,32). The molecule has 9 N–H and O–H groups in total. The van der Waals surface area contributed by atoms with E-state index in [9.17, 15) is 34.2 Å². The van der Waals surface area contributed by atoms with Gasteiger partial charge in [-0.3, -0.25) is 19.2 Å². The van der Waals surface area contributed by atoms with Crippen LogP contribution in [0.1, 0.15) is 53.4 Å². The number of carbonyl (C=O) groups is 5. The van der Waals surface area contributed by atoms with Crippen molar-refractivity contribution in [2.45, 2.75) is 77.5 Å². The lowest BCUT2D eigenvalue weighted by Gasteiger charge is -2.25. The maximum absolute atomic E-state index is 12.7. The third-order valence-corrected chi connectivity index (χ3v) is 4.52. The average molecular weight is 460 g/mol. The van der Waals surface area contributed by atoms with Crippen molar-refractivity contribution in [2.75, 3.05) is 6.61 Å². The number of rotatable bonds is 15. The molecule has 0 rings (SSSR count). The summed E-state index contributed by atoms with van der Waals surface area (Å²) in [6.07, 6.45) is 0.256. The number of nitrogens with one attached hydrogen (secondary N) is 3. The van der Waals surface area contributed by atoms with Gasteiger partial charge in [-0.15, -0.1) is 0 Å². The zero-order valence-corrected chi connectivity index (χ0v) is 19.1. The van der Waals surface area contributed by atoms with E-state index in [4.69, 9.17) is 11.5 Å². The van der Waals surface area contributed by atoms with Crippen LogP contribution in [0.15, 0.2) is 0 Å². The van der Waals surface area contributed by atoms with E-state index < -0.39 is 60.4 Å². The molecular weight excluding hydrogens is 422 g/mol. The van der Waals surface area contributed by atoms with E-state index in [0.29, 0.717) is 0 Å². The van der Waals surface area contributed by atoms with Crippen molar-refractivity contribution in [3.63, 3.8) is 0 Å². The van der Waals surface area contributed by atoms with Gasteiger partial charge in [-0.1, -0.05) is 27.7 Å². The first kappa shape index (κ1) is 29.3. The van der Waals surface area contributed by atoms with E-state index >= 15 is 0 Å². The molecule has 0 aromatic rings. The predicted octanol–water partition coefficient (Wildman–Crippen LogP) is -1.80. The third-order valence-electron chi connectivity index (χ3n) is 4.52. The first-order valence-corrected chi connectivity index (χ1v) is 10.6. The number of carbonyl (C=O) groups excluding carboxylic acids is 4. The average Bonchev–Trinajstić information content (AvgIpc) is 2.67. The summed E-state index contributed by atoms with van der Waals surface area (Å²) < 4.78 is 0. The molecule has 4 unspecified atom stereocenters. The molecule has 0 fully saturated rings. The van der Waals surface area contributed by atoms with Gasteiger partial charge >= 0.3 is 5.97 Å². The Morgan fingerprint density at radius 3 is 1.66 bits per heavy atom. The second-order valence-corrected chi connectivity index (χ2v) is 8.57. The Bertz CT molecular complexity index is 669. The monoisotopic (exact) mass is 459 g/mol. The minimum absolute atomic E-state index is 0.0160. The van der Waals surface area contributed by atoms with Crippen molar-refractivity contribution in [3.05, 3.63) is 0 Å². The van der Waals surface area contributed by atoms with Gasteiger partial charge in [0.2, 0.25) is 23.6 Å². The molecule has 0 aliphatic heterocycles. The minimum atomic E-state index is -1.39. The van der Waals surface area contributed by atoms with Crippen molar-refractivity contribution in [1.29, 1.82) is 0 Å². The maximum atomic E-state index is 12.7. The van der Waals surface area contributed by atoms with Gasteiger partial charge in [-0.25, -0.2) is 4.79 Å². The molecule has 184 valence electrons. The van der Waals surface area contributed by atoms with Crippen LogP contribution in [-0.2, 0) is 24.0 Å². The molecule has 0 saturated carbocycles. The lowest BCUT2D eigenvalue weighted by Crippen LogP contribution is -2.58. The number of aliphatic hydroxyl groups is 1. The number of amides is 4. The number of aliphatic carboxylic acids is 1. The highest BCUT2D eigenvalue weighted by atomic mass is 16.4. The van der Waals surface area contributed by atoms with E-state index in [1.54, 1.807) is 0 Å². The molecule has 32 heavy (non-hydrogen) atoms. The largest absolute Gasteiger partial charge is 0.480 e. The van der Waals surface area contributed by atoms with Crippen LogP contribution in [0.2, 0.25) is 0 Å². The zero-order chi connectivity index (χ0) is 25.0. The summed E-state index contributed by atoms with van der Waals surface area (Å²) in [6.45, 7) is 6.51. The van der Waals surface area contributed by atoms with Crippen molar-refractivity contribution in [3.8, 4) is 0 Å². The number of aliphatic hydroxyl groups excluding tert-OH is 1. The molecular formula is C20H37N5O7. The van der Waals surface area contributed by atoms with Crippen LogP contribution in [0, 0.1) is 11.8 Å². The number of hydrogen-bond acceptors (Lipinski definition) is 7. The summed E-state index contributed by atoms with van der Waals surface area (Å²) in [7, 11) is 0. The second-order valence-electron chi connectivity index (χ2n) is 8.57. The van der Waals surface area contributed by atoms with E-state index in [0.717, 1.165) is 0 Å². The smallest absolute Gasteiger partial charge is 0.326 e. The topological polar surface area (TPSA) is 214 Å². The van der Waals surface area contributed by atoms with Crippen molar-refractivity contribution < 1.29 is 34.2 Å². The number of nitrogens with two attached hydrogens (primary N) is 2. The molecule has 0 aliphatic rings. The Morgan fingerprint density at radius 1 is 0.781 bits per heavy atom. The fourth-order valence-corrected chi connectivity index (χ4v) is 2.84. The summed E-state index contributed by atoms with van der Waals surface area (Å²) in [5, 5.41) is 26.0. The second kappa shape index (κ2) is 14.4. The molecule has 0 bridgehead atoms. The first-order valence-electron chi connectivity index (χ1n) is 10.6. The molecule has 0 spiro atoms. The summed E-state index contributed by atoms with van der Waals surface area (Å²) in [4.78, 5) is 59.7. The molecule has 0 saturated heterocycles. The van der Waals surface area contributed by atoms with Gasteiger partial charge in [0, 0.05) is 6.42 Å². The molecule has 12 heteroatoms. The molecule has 0 radical (unpaired) electrons. The van der Waals surface area contributed by atoms with Crippen LogP contribution >= 0.6 is 0 Å². The van der Waals surface area contributed by atoms with Gasteiger partial charge in [0.05, 0.1) is 12.6 Å². The van der Waals surface area contributed by atoms with E-state index in [-0.39, 0.29) is 37.5 Å². The molecule has 4 atom stereocenters. The van der Waals surface area contributed by atoms with Crippen LogP contribution in [-0.4, -0.2) is 70.6 Å². The van der Waals surface area contributed by atoms with Crippen LogP contribution in [0.5, 0.6) is 0 Å². The normalized spacial score (nSPS) is 14.9. The summed E-state index contributed by atoms with van der Waals surface area (Å²) in [5.74, 6) is -4.11. The quantitative estimate of drug-likeness (QED) is 0.148. The predicted molar refractivity (Wildman–Crippen MR) is 116 cm³/mol.